The molecule has 2 N–H and O–H groups in total. The van der Waals surface area contributed by atoms with E-state index in [9.17, 15) is 31.5 Å². The number of nitrogens with one attached hydrogen (secondary N) is 1. The van der Waals surface area contributed by atoms with Crippen LogP contribution in [0.3, 0.4) is 0 Å². The summed E-state index contributed by atoms with van der Waals surface area (Å²) in [4.78, 5) is 13.4. The number of amides is 1. The Balaban J connectivity index is 1.94. The summed E-state index contributed by atoms with van der Waals surface area (Å²) in [6.07, 6.45) is -3.58. The number of hydrogen-bond donors (Lipinski definition) is 2. The zero-order valence-corrected chi connectivity index (χ0v) is 20.5. The highest BCUT2D eigenvalue weighted by atomic mass is 32.2. The van der Waals surface area contributed by atoms with E-state index in [0.29, 0.717) is 17.4 Å². The Bertz CT molecular complexity index is 1270. The highest BCUT2D eigenvalue weighted by Crippen LogP contribution is 2.36. The van der Waals surface area contributed by atoms with Crippen molar-refractivity contribution in [2.75, 3.05) is 31.8 Å². The highest BCUT2D eigenvalue weighted by molar-refractivity contribution is 7.88. The van der Waals surface area contributed by atoms with Gasteiger partial charge in [-0.15, -0.1) is 0 Å². The summed E-state index contributed by atoms with van der Waals surface area (Å²) in [7, 11) is -1.99. The summed E-state index contributed by atoms with van der Waals surface area (Å²) in [5.41, 5.74) is -3.55. The van der Waals surface area contributed by atoms with Gasteiger partial charge in [-0.05, 0) is 54.7 Å². The van der Waals surface area contributed by atoms with Gasteiger partial charge in [0, 0.05) is 25.2 Å². The average molecular weight is 526 g/mol. The van der Waals surface area contributed by atoms with Gasteiger partial charge < -0.3 is 15.2 Å². The van der Waals surface area contributed by atoms with E-state index in [1.807, 2.05) is 0 Å². The van der Waals surface area contributed by atoms with Gasteiger partial charge in [0.15, 0.2) is 0 Å². The number of hydrogen-bond acceptors (Lipinski definition) is 6. The van der Waals surface area contributed by atoms with Crippen molar-refractivity contribution in [3.05, 3.63) is 59.2 Å². The molecule has 1 aliphatic rings. The Morgan fingerprint density at radius 3 is 2.44 bits per heavy atom. The molecule has 1 amide bonds. The zero-order valence-electron chi connectivity index (χ0n) is 19.7. The maximum Gasteiger partial charge on any atom is 0.417 e. The Labute approximate surface area is 207 Å². The molecular formula is C24H26F3N3O5S. The third kappa shape index (κ3) is 6.16. The lowest BCUT2D eigenvalue weighted by molar-refractivity contribution is -0.142. The first-order valence-electron chi connectivity index (χ1n) is 11.0. The summed E-state index contributed by atoms with van der Waals surface area (Å²) in [5.74, 6) is -1.12. The Morgan fingerprint density at radius 1 is 1.22 bits per heavy atom. The normalized spacial score (nSPS) is 17.1. The molecule has 1 aliphatic heterocycles. The number of benzene rings is 2. The van der Waals surface area contributed by atoms with Gasteiger partial charge in [0.2, 0.25) is 10.0 Å². The fourth-order valence-corrected chi connectivity index (χ4v) is 5.24. The third-order valence-electron chi connectivity index (χ3n) is 6.30. The molecule has 0 bridgehead atoms. The molecule has 194 valence electrons. The van der Waals surface area contributed by atoms with Gasteiger partial charge >= 0.3 is 6.18 Å². The van der Waals surface area contributed by atoms with E-state index in [2.05, 4.69) is 5.32 Å². The predicted octanol–water partition coefficient (Wildman–Crippen LogP) is 3.17. The van der Waals surface area contributed by atoms with Crippen molar-refractivity contribution >= 4 is 21.6 Å². The second kappa shape index (κ2) is 10.5. The van der Waals surface area contributed by atoms with Gasteiger partial charge in [-0.3, -0.25) is 4.79 Å². The lowest BCUT2D eigenvalue weighted by Crippen LogP contribution is -2.54. The molecule has 3 rings (SSSR count). The standard InChI is InChI=1S/C24H26F3N3O5S/c1-35-20-5-3-4-16(12-20)14-23(32,18-8-10-30(11-9-18)36(2,33)34)22(31)29-19-7-6-17(15-28)21(13-19)24(25,26)27/h3-7,12-13,18,32H,8-11,14H2,1-2H3,(H,29,31). The van der Waals surface area contributed by atoms with Gasteiger partial charge in [-0.25, -0.2) is 12.7 Å². The van der Waals surface area contributed by atoms with Crippen LogP contribution >= 0.6 is 0 Å². The maximum atomic E-state index is 13.4. The van der Waals surface area contributed by atoms with Crippen LogP contribution in [0.5, 0.6) is 5.75 Å². The summed E-state index contributed by atoms with van der Waals surface area (Å²) < 4.78 is 70.4. The number of aliphatic hydroxyl groups is 1. The summed E-state index contributed by atoms with van der Waals surface area (Å²) in [6, 6.07) is 10.9. The molecule has 0 aromatic heterocycles. The molecule has 0 aliphatic carbocycles. The van der Waals surface area contributed by atoms with Crippen LogP contribution in [0.2, 0.25) is 0 Å². The first kappa shape index (κ1) is 27.4. The molecule has 1 saturated heterocycles. The highest BCUT2D eigenvalue weighted by Gasteiger charge is 2.46. The number of nitrogens with zero attached hydrogens (tertiary/aromatic N) is 2. The summed E-state index contributed by atoms with van der Waals surface area (Å²) in [6.45, 7) is 0.179. The van der Waals surface area contributed by atoms with Gasteiger partial charge in [-0.1, -0.05) is 12.1 Å². The minimum Gasteiger partial charge on any atom is -0.497 e. The molecule has 0 spiro atoms. The van der Waals surface area contributed by atoms with Crippen LogP contribution < -0.4 is 10.1 Å². The molecule has 0 radical (unpaired) electrons. The van der Waals surface area contributed by atoms with Crippen molar-refractivity contribution in [3.8, 4) is 11.8 Å². The second-order valence-electron chi connectivity index (χ2n) is 8.71. The monoisotopic (exact) mass is 525 g/mol. The van der Waals surface area contributed by atoms with Crippen molar-refractivity contribution in [2.45, 2.75) is 31.0 Å². The first-order chi connectivity index (χ1) is 16.8. The quantitative estimate of drug-likeness (QED) is 0.573. The number of methoxy groups -OCH3 is 1. The number of anilines is 1. The second-order valence-corrected chi connectivity index (χ2v) is 10.7. The van der Waals surface area contributed by atoms with Crippen LogP contribution in [-0.4, -0.2) is 55.8 Å². The van der Waals surface area contributed by atoms with E-state index in [-0.39, 0.29) is 38.0 Å². The average Bonchev–Trinajstić information content (AvgIpc) is 2.83. The number of nitriles is 1. The van der Waals surface area contributed by atoms with Crippen LogP contribution in [0.1, 0.15) is 29.5 Å². The van der Waals surface area contributed by atoms with E-state index < -0.39 is 44.8 Å². The van der Waals surface area contributed by atoms with Crippen LogP contribution in [0, 0.1) is 17.2 Å². The molecule has 8 nitrogen and oxygen atoms in total. The lowest BCUT2D eigenvalue weighted by Gasteiger charge is -2.40. The predicted molar refractivity (Wildman–Crippen MR) is 126 cm³/mol. The van der Waals surface area contributed by atoms with E-state index in [0.717, 1.165) is 18.4 Å². The van der Waals surface area contributed by atoms with Crippen LogP contribution in [-0.2, 0) is 27.4 Å². The van der Waals surface area contributed by atoms with Crippen molar-refractivity contribution < 1.29 is 36.2 Å². The molecular weight excluding hydrogens is 499 g/mol. The topological polar surface area (TPSA) is 120 Å². The number of ether oxygens (including phenoxy) is 1. The molecule has 2 aromatic carbocycles. The molecule has 0 saturated carbocycles. The Kier molecular flexibility index (Phi) is 7.97. The number of rotatable bonds is 7. The van der Waals surface area contributed by atoms with Crippen LogP contribution in [0.4, 0.5) is 18.9 Å². The van der Waals surface area contributed by atoms with Crippen LogP contribution in [0.15, 0.2) is 42.5 Å². The van der Waals surface area contributed by atoms with Gasteiger partial charge in [0.05, 0.1) is 30.6 Å². The Morgan fingerprint density at radius 2 is 1.89 bits per heavy atom. The molecule has 36 heavy (non-hydrogen) atoms. The fraction of sp³-hybridized carbons (Fsp3) is 0.417. The fourth-order valence-electron chi connectivity index (χ4n) is 4.36. The van der Waals surface area contributed by atoms with E-state index >= 15 is 0 Å². The number of carbonyl (C=O) groups excluding carboxylic acids is 1. The summed E-state index contributed by atoms with van der Waals surface area (Å²) in [5, 5.41) is 23.1. The van der Waals surface area contributed by atoms with E-state index in [1.54, 1.807) is 24.3 Å². The van der Waals surface area contributed by atoms with Gasteiger partial charge in [0.25, 0.3) is 5.91 Å². The van der Waals surface area contributed by atoms with Gasteiger partial charge in [0.1, 0.15) is 11.4 Å². The molecule has 2 aromatic rings. The smallest absolute Gasteiger partial charge is 0.417 e. The largest absolute Gasteiger partial charge is 0.497 e. The molecule has 1 fully saturated rings. The minimum atomic E-state index is -4.82. The maximum absolute atomic E-state index is 13.4. The molecule has 1 unspecified atom stereocenters. The molecule has 1 heterocycles. The van der Waals surface area contributed by atoms with Gasteiger partial charge in [-0.2, -0.15) is 18.4 Å². The molecule has 12 heteroatoms. The molecule has 1 atom stereocenters. The Hall–Kier alpha value is -3.14. The van der Waals surface area contributed by atoms with E-state index in [4.69, 9.17) is 10.00 Å². The lowest BCUT2D eigenvalue weighted by atomic mass is 9.76. The number of piperidine rings is 1. The number of halogens is 3. The first-order valence-corrected chi connectivity index (χ1v) is 12.9. The zero-order chi connectivity index (χ0) is 26.7. The van der Waals surface area contributed by atoms with Crippen molar-refractivity contribution in [1.29, 1.82) is 5.26 Å². The SMILES string of the molecule is COc1cccc(CC(O)(C(=O)Nc2ccc(C#N)c(C(F)(F)F)c2)C2CCN(S(C)(=O)=O)CC2)c1. The minimum absolute atomic E-state index is 0.0896. The van der Waals surface area contributed by atoms with E-state index in [1.165, 1.54) is 17.5 Å². The number of sulfonamides is 1. The number of carbonyl (C=O) groups is 1. The van der Waals surface area contributed by atoms with Crippen molar-refractivity contribution in [2.24, 2.45) is 5.92 Å². The van der Waals surface area contributed by atoms with Crippen LogP contribution in [0.25, 0.3) is 0 Å². The summed E-state index contributed by atoms with van der Waals surface area (Å²) >= 11 is 0. The van der Waals surface area contributed by atoms with Crippen molar-refractivity contribution in [3.63, 3.8) is 0 Å². The number of alkyl halides is 3. The third-order valence-corrected chi connectivity index (χ3v) is 7.61. The van der Waals surface area contributed by atoms with Crippen molar-refractivity contribution in [1.82, 2.24) is 4.31 Å².